The van der Waals surface area contributed by atoms with Crippen molar-refractivity contribution < 1.29 is 9.53 Å². The van der Waals surface area contributed by atoms with Gasteiger partial charge in [0.2, 0.25) is 11.7 Å². The summed E-state index contributed by atoms with van der Waals surface area (Å²) in [6.45, 7) is 4.52. The van der Waals surface area contributed by atoms with Gasteiger partial charge in [-0.15, -0.1) is 21.5 Å². The molecule has 0 aliphatic rings. The molecule has 1 N–H and O–H groups in total. The van der Waals surface area contributed by atoms with Crippen LogP contribution in [0.2, 0.25) is 0 Å². The monoisotopic (exact) mass is 453 g/mol. The number of benzene rings is 1. The number of carbonyl (C=O) groups is 1. The molecule has 1 aromatic carbocycles. The van der Waals surface area contributed by atoms with Crippen LogP contribution in [-0.2, 0) is 17.8 Å². The number of nitrogens with one attached hydrogen (secondary N) is 1. The molecule has 3 aromatic heterocycles. The normalized spacial score (nSPS) is 12.3. The van der Waals surface area contributed by atoms with Gasteiger partial charge in [0.25, 0.3) is 5.56 Å². The number of aryl methyl sites for hydroxylation is 1. The minimum Gasteiger partial charge on any atom is -0.497 e. The van der Waals surface area contributed by atoms with Crippen LogP contribution in [0.3, 0.4) is 0 Å². The molecule has 0 spiro atoms. The first-order chi connectivity index (χ1) is 15.5. The Morgan fingerprint density at radius 3 is 2.91 bits per heavy atom. The van der Waals surface area contributed by atoms with Gasteiger partial charge in [-0.25, -0.2) is 0 Å². The summed E-state index contributed by atoms with van der Waals surface area (Å²) in [6, 6.07) is 9.60. The maximum absolute atomic E-state index is 13.0. The first-order valence-electron chi connectivity index (χ1n) is 10.8. The SMILES string of the molecule is CC[C@H](C)n1c(=O)c2sccc2n2c(CCCC(=O)NCc3cccc(OC)c3)nnc12. The molecule has 9 heteroatoms. The predicted octanol–water partition coefficient (Wildman–Crippen LogP) is 3.72. The number of hydrogen-bond donors (Lipinski definition) is 1. The van der Waals surface area contributed by atoms with E-state index in [0.29, 0.717) is 36.3 Å². The number of carbonyl (C=O) groups excluding carboxylic acids is 1. The van der Waals surface area contributed by atoms with Gasteiger partial charge in [-0.1, -0.05) is 19.1 Å². The number of amides is 1. The van der Waals surface area contributed by atoms with Crippen LogP contribution in [0.25, 0.3) is 16.0 Å². The molecule has 0 radical (unpaired) electrons. The van der Waals surface area contributed by atoms with E-state index in [-0.39, 0.29) is 17.5 Å². The summed E-state index contributed by atoms with van der Waals surface area (Å²) < 4.78 is 9.62. The summed E-state index contributed by atoms with van der Waals surface area (Å²) >= 11 is 1.44. The second-order valence-corrected chi connectivity index (χ2v) is 8.72. The highest BCUT2D eigenvalue weighted by molar-refractivity contribution is 7.17. The molecule has 4 rings (SSSR count). The van der Waals surface area contributed by atoms with Crippen molar-refractivity contribution in [1.29, 1.82) is 0 Å². The minimum atomic E-state index is -0.0206. The fourth-order valence-corrected chi connectivity index (χ4v) is 4.58. The van der Waals surface area contributed by atoms with Crippen molar-refractivity contribution in [1.82, 2.24) is 24.5 Å². The summed E-state index contributed by atoms with van der Waals surface area (Å²) in [7, 11) is 1.62. The van der Waals surface area contributed by atoms with Gasteiger partial charge in [-0.3, -0.25) is 18.6 Å². The number of methoxy groups -OCH3 is 1. The molecule has 8 nitrogen and oxygen atoms in total. The molecule has 168 valence electrons. The molecule has 0 aliphatic heterocycles. The molecule has 1 atom stereocenters. The molecule has 0 saturated heterocycles. The largest absolute Gasteiger partial charge is 0.497 e. The summed E-state index contributed by atoms with van der Waals surface area (Å²) in [5.41, 5.74) is 1.80. The molecular formula is C23H27N5O3S. The zero-order valence-electron chi connectivity index (χ0n) is 18.5. The van der Waals surface area contributed by atoms with Gasteiger partial charge < -0.3 is 10.1 Å². The third-order valence-electron chi connectivity index (χ3n) is 5.69. The first-order valence-corrected chi connectivity index (χ1v) is 11.7. The van der Waals surface area contributed by atoms with Gasteiger partial charge in [0.15, 0.2) is 0 Å². The van der Waals surface area contributed by atoms with Crippen LogP contribution in [0.15, 0.2) is 40.5 Å². The fraction of sp³-hybridized carbons (Fsp3) is 0.391. The maximum atomic E-state index is 13.0. The highest BCUT2D eigenvalue weighted by Crippen LogP contribution is 2.23. The molecule has 0 fully saturated rings. The molecule has 0 aliphatic carbocycles. The molecule has 4 aromatic rings. The van der Waals surface area contributed by atoms with Crippen LogP contribution in [0.5, 0.6) is 5.75 Å². The number of ether oxygens (including phenoxy) is 1. The topological polar surface area (TPSA) is 90.5 Å². The number of nitrogens with zero attached hydrogens (tertiary/aromatic N) is 4. The van der Waals surface area contributed by atoms with Crippen LogP contribution < -0.4 is 15.6 Å². The van der Waals surface area contributed by atoms with E-state index in [1.54, 1.807) is 11.7 Å². The minimum absolute atomic E-state index is 0.0150. The van der Waals surface area contributed by atoms with Gasteiger partial charge in [0, 0.05) is 25.4 Å². The number of rotatable bonds is 9. The Balaban J connectivity index is 1.46. The van der Waals surface area contributed by atoms with E-state index in [1.807, 2.05) is 54.0 Å². The number of fused-ring (bicyclic) bond motifs is 3. The standard InChI is InChI=1S/C23H27N5O3S/c1-4-15(2)27-22(30)21-18(11-12-32-21)28-19(25-26-23(27)28)9-6-10-20(29)24-14-16-7-5-8-17(13-16)31-3/h5,7-8,11-13,15H,4,6,9-10,14H2,1-3H3,(H,24,29)/t15-/m0/s1. The van der Waals surface area contributed by atoms with E-state index in [1.165, 1.54) is 11.3 Å². The molecule has 1 amide bonds. The van der Waals surface area contributed by atoms with Crippen molar-refractivity contribution in [3.05, 3.63) is 57.5 Å². The average molecular weight is 454 g/mol. The van der Waals surface area contributed by atoms with Crippen LogP contribution in [-0.4, -0.2) is 32.2 Å². The maximum Gasteiger partial charge on any atom is 0.273 e. The Hall–Kier alpha value is -3.20. The predicted molar refractivity (Wildman–Crippen MR) is 125 cm³/mol. The Labute approximate surface area is 189 Å². The highest BCUT2D eigenvalue weighted by Gasteiger charge is 2.19. The lowest BCUT2D eigenvalue weighted by atomic mass is 10.2. The quantitative estimate of drug-likeness (QED) is 0.417. The number of thiophene rings is 1. The van der Waals surface area contributed by atoms with Crippen LogP contribution in [0.1, 0.15) is 50.5 Å². The second-order valence-electron chi connectivity index (χ2n) is 7.80. The summed E-state index contributed by atoms with van der Waals surface area (Å²) in [6.07, 6.45) is 2.44. The summed E-state index contributed by atoms with van der Waals surface area (Å²) in [5, 5.41) is 13.6. The van der Waals surface area contributed by atoms with E-state index in [9.17, 15) is 9.59 Å². The highest BCUT2D eigenvalue weighted by atomic mass is 32.1. The molecule has 0 saturated carbocycles. The van der Waals surface area contributed by atoms with E-state index in [0.717, 1.165) is 29.1 Å². The Morgan fingerprint density at radius 1 is 1.28 bits per heavy atom. The lowest BCUT2D eigenvalue weighted by Crippen LogP contribution is -2.25. The van der Waals surface area contributed by atoms with Gasteiger partial charge >= 0.3 is 0 Å². The summed E-state index contributed by atoms with van der Waals surface area (Å²) in [5.74, 6) is 2.08. The van der Waals surface area contributed by atoms with Crippen molar-refractivity contribution in [3.8, 4) is 5.75 Å². The summed E-state index contributed by atoms with van der Waals surface area (Å²) in [4.78, 5) is 25.3. The molecule has 0 bridgehead atoms. The zero-order valence-corrected chi connectivity index (χ0v) is 19.3. The van der Waals surface area contributed by atoms with Gasteiger partial charge in [0.05, 0.1) is 12.6 Å². The van der Waals surface area contributed by atoms with Crippen molar-refractivity contribution in [2.75, 3.05) is 7.11 Å². The third-order valence-corrected chi connectivity index (χ3v) is 6.58. The first kappa shape index (κ1) is 22.0. The van der Waals surface area contributed by atoms with E-state index < -0.39 is 0 Å². The van der Waals surface area contributed by atoms with Crippen molar-refractivity contribution in [3.63, 3.8) is 0 Å². The van der Waals surface area contributed by atoms with Crippen LogP contribution in [0.4, 0.5) is 0 Å². The van der Waals surface area contributed by atoms with Crippen molar-refractivity contribution in [2.45, 2.75) is 52.1 Å². The van der Waals surface area contributed by atoms with E-state index in [2.05, 4.69) is 15.5 Å². The third kappa shape index (κ3) is 4.25. The van der Waals surface area contributed by atoms with Crippen LogP contribution >= 0.6 is 11.3 Å². The lowest BCUT2D eigenvalue weighted by Gasteiger charge is -2.14. The molecule has 0 unspecified atom stereocenters. The van der Waals surface area contributed by atoms with Crippen molar-refractivity contribution >= 4 is 33.2 Å². The molecule has 3 heterocycles. The van der Waals surface area contributed by atoms with Crippen molar-refractivity contribution in [2.24, 2.45) is 0 Å². The number of hydrogen-bond acceptors (Lipinski definition) is 6. The van der Waals surface area contributed by atoms with E-state index >= 15 is 0 Å². The average Bonchev–Trinajstić information content (AvgIpc) is 3.45. The smallest absolute Gasteiger partial charge is 0.273 e. The Morgan fingerprint density at radius 2 is 2.12 bits per heavy atom. The van der Waals surface area contributed by atoms with Gasteiger partial charge in [0.1, 0.15) is 16.3 Å². The lowest BCUT2D eigenvalue weighted by molar-refractivity contribution is -0.121. The fourth-order valence-electron chi connectivity index (χ4n) is 3.77. The van der Waals surface area contributed by atoms with Gasteiger partial charge in [-0.2, -0.15) is 0 Å². The van der Waals surface area contributed by atoms with E-state index in [4.69, 9.17) is 4.74 Å². The molecule has 32 heavy (non-hydrogen) atoms. The van der Waals surface area contributed by atoms with Crippen LogP contribution in [0, 0.1) is 0 Å². The molecular weight excluding hydrogens is 426 g/mol. The Bertz CT molecular complexity index is 1310. The van der Waals surface area contributed by atoms with Gasteiger partial charge in [-0.05, 0) is 48.9 Å². The zero-order chi connectivity index (χ0) is 22.7. The number of aromatic nitrogens is 4. The Kier molecular flexibility index (Phi) is 6.55. The second kappa shape index (κ2) is 9.52.